The Morgan fingerprint density at radius 1 is 1.24 bits per heavy atom. The smallest absolute Gasteiger partial charge is 0.238 e. The first kappa shape index (κ1) is 17.2. The van der Waals surface area contributed by atoms with Crippen LogP contribution < -0.4 is 10.6 Å². The van der Waals surface area contributed by atoms with Gasteiger partial charge in [-0.1, -0.05) is 19.1 Å². The average Bonchev–Trinajstić information content (AvgIpc) is 2.45. The van der Waals surface area contributed by atoms with Crippen molar-refractivity contribution in [3.63, 3.8) is 0 Å². The van der Waals surface area contributed by atoms with Crippen LogP contribution in [0.3, 0.4) is 0 Å². The second-order valence-electron chi connectivity index (χ2n) is 5.21. The van der Waals surface area contributed by atoms with Crippen LogP contribution in [0.5, 0.6) is 0 Å². The zero-order chi connectivity index (χ0) is 15.7. The standard InChI is InChI=1S/C16H25N3O2/c1-4-10-17-12-15(20)18-14-7-5-6-13(11-14)8-9-16(21)19(2)3/h5-7,11,17H,4,8-10,12H2,1-3H3,(H,18,20). The first-order chi connectivity index (χ1) is 10.0. The Balaban J connectivity index is 2.48. The SMILES string of the molecule is CCCNCC(=O)Nc1cccc(CCC(=O)N(C)C)c1. The molecule has 0 spiro atoms. The molecule has 0 atom stereocenters. The molecule has 0 aromatic heterocycles. The Kier molecular flexibility index (Phi) is 7.46. The van der Waals surface area contributed by atoms with Gasteiger partial charge in [-0.3, -0.25) is 9.59 Å². The van der Waals surface area contributed by atoms with Gasteiger partial charge in [-0.25, -0.2) is 0 Å². The van der Waals surface area contributed by atoms with Gasteiger partial charge in [0.2, 0.25) is 11.8 Å². The lowest BCUT2D eigenvalue weighted by Crippen LogP contribution is -2.28. The fourth-order valence-corrected chi connectivity index (χ4v) is 1.86. The number of nitrogens with one attached hydrogen (secondary N) is 2. The molecular weight excluding hydrogens is 266 g/mol. The fourth-order valence-electron chi connectivity index (χ4n) is 1.86. The summed E-state index contributed by atoms with van der Waals surface area (Å²) in [7, 11) is 3.50. The van der Waals surface area contributed by atoms with Gasteiger partial charge in [-0.15, -0.1) is 0 Å². The number of hydrogen-bond acceptors (Lipinski definition) is 3. The fraction of sp³-hybridized carbons (Fsp3) is 0.500. The van der Waals surface area contributed by atoms with Crippen LogP contribution in [-0.2, 0) is 16.0 Å². The summed E-state index contributed by atoms with van der Waals surface area (Å²) in [5, 5.41) is 5.91. The van der Waals surface area contributed by atoms with Gasteiger partial charge in [0.05, 0.1) is 6.54 Å². The van der Waals surface area contributed by atoms with Crippen LogP contribution in [0, 0.1) is 0 Å². The maximum Gasteiger partial charge on any atom is 0.238 e. The maximum absolute atomic E-state index is 11.7. The molecule has 0 aliphatic carbocycles. The van der Waals surface area contributed by atoms with Crippen molar-refractivity contribution in [3.8, 4) is 0 Å². The Bertz CT molecular complexity index is 472. The molecule has 21 heavy (non-hydrogen) atoms. The molecule has 5 heteroatoms. The summed E-state index contributed by atoms with van der Waals surface area (Å²) in [4.78, 5) is 24.9. The van der Waals surface area contributed by atoms with E-state index in [0.717, 1.165) is 24.2 Å². The van der Waals surface area contributed by atoms with E-state index < -0.39 is 0 Å². The van der Waals surface area contributed by atoms with Crippen molar-refractivity contribution in [2.75, 3.05) is 32.5 Å². The summed E-state index contributed by atoms with van der Waals surface area (Å²) in [6.45, 7) is 3.21. The molecule has 116 valence electrons. The first-order valence-electron chi connectivity index (χ1n) is 7.32. The molecule has 0 fully saturated rings. The van der Waals surface area contributed by atoms with Crippen molar-refractivity contribution >= 4 is 17.5 Å². The summed E-state index contributed by atoms with van der Waals surface area (Å²) in [6.07, 6.45) is 2.15. The van der Waals surface area contributed by atoms with Crippen LogP contribution in [0.4, 0.5) is 5.69 Å². The third-order valence-corrected chi connectivity index (χ3v) is 3.05. The van der Waals surface area contributed by atoms with Gasteiger partial charge < -0.3 is 15.5 Å². The van der Waals surface area contributed by atoms with Gasteiger partial charge in [0, 0.05) is 26.2 Å². The van der Waals surface area contributed by atoms with Crippen molar-refractivity contribution < 1.29 is 9.59 Å². The van der Waals surface area contributed by atoms with Crippen molar-refractivity contribution in [2.24, 2.45) is 0 Å². The number of anilines is 1. The van der Waals surface area contributed by atoms with E-state index in [2.05, 4.69) is 17.6 Å². The van der Waals surface area contributed by atoms with Crippen LogP contribution in [0.1, 0.15) is 25.3 Å². The van der Waals surface area contributed by atoms with E-state index >= 15 is 0 Å². The predicted molar refractivity (Wildman–Crippen MR) is 85.2 cm³/mol. The third kappa shape index (κ3) is 6.90. The largest absolute Gasteiger partial charge is 0.349 e. The zero-order valence-electron chi connectivity index (χ0n) is 13.1. The molecule has 2 N–H and O–H groups in total. The molecule has 1 aromatic rings. The summed E-state index contributed by atoms with van der Waals surface area (Å²) in [6, 6.07) is 7.63. The molecule has 0 radical (unpaired) electrons. The van der Waals surface area contributed by atoms with Gasteiger partial charge in [0.1, 0.15) is 0 Å². The van der Waals surface area contributed by atoms with E-state index in [0.29, 0.717) is 19.4 Å². The van der Waals surface area contributed by atoms with Gasteiger partial charge in [0.25, 0.3) is 0 Å². The summed E-state index contributed by atoms with van der Waals surface area (Å²) in [5.74, 6) is 0.0539. The molecule has 0 saturated carbocycles. The highest BCUT2D eigenvalue weighted by molar-refractivity contribution is 5.92. The number of aryl methyl sites for hydroxylation is 1. The number of hydrogen-bond donors (Lipinski definition) is 2. The van der Waals surface area contributed by atoms with E-state index in [1.807, 2.05) is 24.3 Å². The van der Waals surface area contributed by atoms with Gasteiger partial charge in [0.15, 0.2) is 0 Å². The minimum atomic E-state index is -0.0510. The number of benzene rings is 1. The summed E-state index contributed by atoms with van der Waals surface area (Å²) in [5.41, 5.74) is 1.82. The number of carbonyl (C=O) groups is 2. The first-order valence-corrected chi connectivity index (χ1v) is 7.32. The minimum Gasteiger partial charge on any atom is -0.349 e. The average molecular weight is 291 g/mol. The van der Waals surface area contributed by atoms with Crippen molar-refractivity contribution in [2.45, 2.75) is 26.2 Å². The van der Waals surface area contributed by atoms with E-state index in [9.17, 15) is 9.59 Å². The highest BCUT2D eigenvalue weighted by atomic mass is 16.2. The number of carbonyl (C=O) groups excluding carboxylic acids is 2. The molecule has 0 bridgehead atoms. The van der Waals surface area contributed by atoms with E-state index in [1.54, 1.807) is 19.0 Å². The molecule has 1 rings (SSSR count). The zero-order valence-corrected chi connectivity index (χ0v) is 13.1. The normalized spacial score (nSPS) is 10.2. The molecule has 1 aromatic carbocycles. The van der Waals surface area contributed by atoms with Gasteiger partial charge >= 0.3 is 0 Å². The van der Waals surface area contributed by atoms with Crippen molar-refractivity contribution in [1.82, 2.24) is 10.2 Å². The molecule has 5 nitrogen and oxygen atoms in total. The number of amides is 2. The minimum absolute atomic E-state index is 0.0510. The van der Waals surface area contributed by atoms with Gasteiger partial charge in [-0.2, -0.15) is 0 Å². The van der Waals surface area contributed by atoms with Crippen molar-refractivity contribution in [3.05, 3.63) is 29.8 Å². The second kappa shape index (κ2) is 9.13. The second-order valence-corrected chi connectivity index (χ2v) is 5.21. The summed E-state index contributed by atoms with van der Waals surface area (Å²) >= 11 is 0. The lowest BCUT2D eigenvalue weighted by atomic mass is 10.1. The topological polar surface area (TPSA) is 61.4 Å². The van der Waals surface area contributed by atoms with Gasteiger partial charge in [-0.05, 0) is 37.1 Å². The Morgan fingerprint density at radius 2 is 2.00 bits per heavy atom. The highest BCUT2D eigenvalue weighted by Crippen LogP contribution is 2.12. The number of rotatable bonds is 8. The number of nitrogens with zero attached hydrogens (tertiary/aromatic N) is 1. The molecule has 0 unspecified atom stereocenters. The van der Waals surface area contributed by atoms with Crippen LogP contribution in [0.15, 0.2) is 24.3 Å². The lowest BCUT2D eigenvalue weighted by molar-refractivity contribution is -0.128. The van der Waals surface area contributed by atoms with Crippen molar-refractivity contribution in [1.29, 1.82) is 0 Å². The quantitative estimate of drug-likeness (QED) is 0.716. The van der Waals surface area contributed by atoms with E-state index in [-0.39, 0.29) is 11.8 Å². The predicted octanol–water partition coefficient (Wildman–Crippen LogP) is 1.65. The van der Waals surface area contributed by atoms with Crippen LogP contribution in [0.2, 0.25) is 0 Å². The highest BCUT2D eigenvalue weighted by Gasteiger charge is 2.06. The molecule has 0 heterocycles. The van der Waals surface area contributed by atoms with E-state index in [1.165, 1.54) is 0 Å². The molecule has 0 saturated heterocycles. The monoisotopic (exact) mass is 291 g/mol. The lowest BCUT2D eigenvalue weighted by Gasteiger charge is -2.11. The maximum atomic E-state index is 11.7. The molecule has 0 aliphatic rings. The van der Waals surface area contributed by atoms with Crippen LogP contribution in [-0.4, -0.2) is 43.9 Å². The Hall–Kier alpha value is -1.88. The molecular formula is C16H25N3O2. The van der Waals surface area contributed by atoms with Crippen LogP contribution >= 0.6 is 0 Å². The molecule has 0 aliphatic heterocycles. The van der Waals surface area contributed by atoms with E-state index in [4.69, 9.17) is 0 Å². The third-order valence-electron chi connectivity index (χ3n) is 3.05. The summed E-state index contributed by atoms with van der Waals surface area (Å²) < 4.78 is 0. The Labute approximate surface area is 126 Å². The Morgan fingerprint density at radius 3 is 2.67 bits per heavy atom. The molecule has 2 amide bonds. The van der Waals surface area contributed by atoms with Crippen LogP contribution in [0.25, 0.3) is 0 Å².